The number of hydrogen-bond acceptors (Lipinski definition) is 5. The number of nitrogens with two attached hydrogens (primary N) is 1. The number of hydrogen-bond donors (Lipinski definition) is 1. The van der Waals surface area contributed by atoms with Crippen molar-refractivity contribution in [2.45, 2.75) is 29.9 Å². The van der Waals surface area contributed by atoms with Crippen molar-refractivity contribution in [2.24, 2.45) is 14.1 Å². The van der Waals surface area contributed by atoms with Gasteiger partial charge in [0.1, 0.15) is 11.4 Å². The third kappa shape index (κ3) is 2.28. The summed E-state index contributed by atoms with van der Waals surface area (Å²) in [7, 11) is 3.80. The summed E-state index contributed by atoms with van der Waals surface area (Å²) in [6.07, 6.45) is 3.61. The van der Waals surface area contributed by atoms with Crippen LogP contribution in [0.2, 0.25) is 0 Å². The normalized spacial score (nSPS) is 11.0. The Morgan fingerprint density at radius 3 is 2.76 bits per heavy atom. The molecule has 0 aliphatic carbocycles. The third-order valence-corrected chi connectivity index (χ3v) is 3.68. The average Bonchev–Trinajstić information content (AvgIpc) is 2.79. The Balaban J connectivity index is 2.30. The fraction of sp³-hybridized carbons (Fsp3) is 0.500. The van der Waals surface area contributed by atoms with Gasteiger partial charge in [-0.1, -0.05) is 13.3 Å². The molecule has 0 atom stereocenters. The van der Waals surface area contributed by atoms with Crippen LogP contribution in [0.1, 0.15) is 19.0 Å². The van der Waals surface area contributed by atoms with Crippen LogP contribution in [0, 0.1) is 0 Å². The predicted octanol–water partition coefficient (Wildman–Crippen LogP) is 1.23. The molecule has 92 valence electrons. The first kappa shape index (κ1) is 12.0. The molecule has 0 bridgehead atoms. The lowest BCUT2D eigenvalue weighted by molar-refractivity contribution is 0.678. The lowest BCUT2D eigenvalue weighted by atomic mass is 10.2. The van der Waals surface area contributed by atoms with Gasteiger partial charge < -0.3 is 10.3 Å². The van der Waals surface area contributed by atoms with Gasteiger partial charge in [-0.05, 0) is 18.2 Å². The SMILES string of the molecule is CCCc1nn(C)c(Sc2nncn2C)c1N. The number of rotatable bonds is 4. The second kappa shape index (κ2) is 4.79. The van der Waals surface area contributed by atoms with Crippen molar-refractivity contribution < 1.29 is 0 Å². The van der Waals surface area contributed by atoms with Crippen molar-refractivity contribution in [2.75, 3.05) is 5.73 Å². The largest absolute Gasteiger partial charge is 0.395 e. The molecule has 0 amide bonds. The minimum Gasteiger partial charge on any atom is -0.395 e. The van der Waals surface area contributed by atoms with E-state index in [2.05, 4.69) is 22.2 Å². The van der Waals surface area contributed by atoms with Gasteiger partial charge in [0.2, 0.25) is 0 Å². The summed E-state index contributed by atoms with van der Waals surface area (Å²) >= 11 is 1.49. The summed E-state index contributed by atoms with van der Waals surface area (Å²) in [6, 6.07) is 0. The Kier molecular flexibility index (Phi) is 3.37. The molecule has 17 heavy (non-hydrogen) atoms. The van der Waals surface area contributed by atoms with E-state index in [1.54, 1.807) is 11.0 Å². The van der Waals surface area contributed by atoms with Crippen molar-refractivity contribution in [1.29, 1.82) is 0 Å². The van der Waals surface area contributed by atoms with Crippen molar-refractivity contribution in [3.05, 3.63) is 12.0 Å². The molecule has 6 nitrogen and oxygen atoms in total. The van der Waals surface area contributed by atoms with Crippen LogP contribution in [0.5, 0.6) is 0 Å². The van der Waals surface area contributed by atoms with Gasteiger partial charge in [0.25, 0.3) is 0 Å². The average molecular weight is 252 g/mol. The minimum atomic E-state index is 0.752. The van der Waals surface area contributed by atoms with Crippen LogP contribution in [0.15, 0.2) is 16.5 Å². The van der Waals surface area contributed by atoms with Gasteiger partial charge in [0.05, 0.1) is 11.4 Å². The maximum Gasteiger partial charge on any atom is 0.197 e. The highest BCUT2D eigenvalue weighted by Crippen LogP contribution is 2.32. The second-order valence-electron chi connectivity index (χ2n) is 3.87. The van der Waals surface area contributed by atoms with Crippen LogP contribution >= 0.6 is 11.8 Å². The zero-order valence-electron chi connectivity index (χ0n) is 10.2. The standard InChI is InChI=1S/C10H16N6S/c1-4-5-7-8(11)9(16(3)14-7)17-10-13-12-6-15(10)2/h6H,4-5,11H2,1-3H3. The maximum atomic E-state index is 6.10. The van der Waals surface area contributed by atoms with Gasteiger partial charge in [0, 0.05) is 14.1 Å². The summed E-state index contributed by atoms with van der Waals surface area (Å²) in [4.78, 5) is 0. The van der Waals surface area contributed by atoms with Gasteiger partial charge in [-0.2, -0.15) is 5.10 Å². The van der Waals surface area contributed by atoms with Gasteiger partial charge in [-0.15, -0.1) is 10.2 Å². The molecule has 2 heterocycles. The van der Waals surface area contributed by atoms with Crippen LogP contribution < -0.4 is 5.73 Å². The molecule has 7 heteroatoms. The van der Waals surface area contributed by atoms with Crippen LogP contribution in [0.3, 0.4) is 0 Å². The predicted molar refractivity (Wildman–Crippen MR) is 66.7 cm³/mol. The van der Waals surface area contributed by atoms with E-state index in [4.69, 9.17) is 5.73 Å². The Morgan fingerprint density at radius 1 is 1.41 bits per heavy atom. The molecule has 2 aromatic heterocycles. The van der Waals surface area contributed by atoms with Crippen molar-refractivity contribution in [1.82, 2.24) is 24.5 Å². The van der Waals surface area contributed by atoms with Crippen molar-refractivity contribution in [3.63, 3.8) is 0 Å². The van der Waals surface area contributed by atoms with Gasteiger partial charge >= 0.3 is 0 Å². The molecule has 0 saturated carbocycles. The number of nitrogen functional groups attached to an aromatic ring is 1. The molecular weight excluding hydrogens is 236 g/mol. The fourth-order valence-corrected chi connectivity index (χ4v) is 2.42. The lowest BCUT2D eigenvalue weighted by Gasteiger charge is -2.01. The van der Waals surface area contributed by atoms with Gasteiger partial charge in [0.15, 0.2) is 5.16 Å². The van der Waals surface area contributed by atoms with E-state index < -0.39 is 0 Å². The zero-order chi connectivity index (χ0) is 12.4. The first-order valence-electron chi connectivity index (χ1n) is 5.46. The first-order chi connectivity index (χ1) is 8.13. The quantitative estimate of drug-likeness (QED) is 0.886. The topological polar surface area (TPSA) is 74.5 Å². The number of aryl methyl sites for hydroxylation is 3. The zero-order valence-corrected chi connectivity index (χ0v) is 11.0. The van der Waals surface area contributed by atoms with Crippen molar-refractivity contribution >= 4 is 17.4 Å². The lowest BCUT2D eigenvalue weighted by Crippen LogP contribution is -1.96. The minimum absolute atomic E-state index is 0.752. The molecule has 0 fully saturated rings. The van der Waals surface area contributed by atoms with E-state index in [0.29, 0.717) is 0 Å². The number of aromatic nitrogens is 5. The molecule has 0 unspecified atom stereocenters. The molecule has 0 spiro atoms. The van der Waals surface area contributed by atoms with E-state index in [9.17, 15) is 0 Å². The summed E-state index contributed by atoms with van der Waals surface area (Å²) in [5, 5.41) is 14.0. The highest BCUT2D eigenvalue weighted by atomic mass is 32.2. The Labute approximate surface area is 104 Å². The molecule has 0 saturated heterocycles. The van der Waals surface area contributed by atoms with Crippen LogP contribution in [0.4, 0.5) is 5.69 Å². The molecule has 0 aliphatic heterocycles. The smallest absolute Gasteiger partial charge is 0.197 e. The Hall–Kier alpha value is -1.50. The van der Waals surface area contributed by atoms with E-state index in [0.717, 1.165) is 34.4 Å². The van der Waals surface area contributed by atoms with E-state index in [1.807, 2.05) is 18.7 Å². The number of nitrogens with zero attached hydrogens (tertiary/aromatic N) is 5. The Bertz CT molecular complexity index is 515. The third-order valence-electron chi connectivity index (χ3n) is 2.45. The summed E-state index contributed by atoms with van der Waals surface area (Å²) in [5.41, 5.74) is 7.81. The van der Waals surface area contributed by atoms with E-state index in [-0.39, 0.29) is 0 Å². The molecule has 0 aliphatic rings. The molecule has 2 N–H and O–H groups in total. The van der Waals surface area contributed by atoms with Crippen LogP contribution in [0.25, 0.3) is 0 Å². The molecule has 2 aromatic rings. The summed E-state index contributed by atoms with van der Waals surface area (Å²) in [5.74, 6) is 0. The van der Waals surface area contributed by atoms with Crippen LogP contribution in [-0.4, -0.2) is 24.5 Å². The van der Waals surface area contributed by atoms with E-state index >= 15 is 0 Å². The molecule has 0 radical (unpaired) electrons. The van der Waals surface area contributed by atoms with E-state index in [1.165, 1.54) is 11.8 Å². The number of anilines is 1. The molecule has 2 rings (SSSR count). The Morgan fingerprint density at radius 2 is 2.18 bits per heavy atom. The van der Waals surface area contributed by atoms with Gasteiger partial charge in [-0.25, -0.2) is 0 Å². The summed E-state index contributed by atoms with van der Waals surface area (Å²) in [6.45, 7) is 2.11. The maximum absolute atomic E-state index is 6.10. The monoisotopic (exact) mass is 252 g/mol. The highest BCUT2D eigenvalue weighted by molar-refractivity contribution is 7.99. The molecular formula is C10H16N6S. The first-order valence-corrected chi connectivity index (χ1v) is 6.28. The fourth-order valence-electron chi connectivity index (χ4n) is 1.57. The summed E-state index contributed by atoms with van der Waals surface area (Å²) < 4.78 is 3.66. The molecule has 0 aromatic carbocycles. The van der Waals surface area contributed by atoms with Crippen molar-refractivity contribution in [3.8, 4) is 0 Å². The van der Waals surface area contributed by atoms with Crippen LogP contribution in [-0.2, 0) is 20.5 Å². The highest BCUT2D eigenvalue weighted by Gasteiger charge is 2.15. The second-order valence-corrected chi connectivity index (χ2v) is 4.82. The van der Waals surface area contributed by atoms with Gasteiger partial charge in [-0.3, -0.25) is 4.68 Å².